The molecule has 0 saturated carbocycles. The van der Waals surface area contributed by atoms with Crippen molar-refractivity contribution in [1.82, 2.24) is 0 Å². The van der Waals surface area contributed by atoms with E-state index in [2.05, 4.69) is 0 Å². The molecule has 6 heteroatoms. The lowest BCUT2D eigenvalue weighted by atomic mass is 10.1. The van der Waals surface area contributed by atoms with Gasteiger partial charge in [0.2, 0.25) is 0 Å². The zero-order valence-electron chi connectivity index (χ0n) is 11.2. The standard InChI is InChI=1S/C15H12ClNO4/c1-10(11-2-6-13(16)7-3-11)21-15(18)12-4-8-14(9-5-12)17(19)20/h2-10H,1H3/t10-/m1/s1. The average molecular weight is 306 g/mol. The fourth-order valence-electron chi connectivity index (χ4n) is 1.75. The second kappa shape index (κ2) is 6.37. The van der Waals surface area contributed by atoms with Crippen LogP contribution in [0.15, 0.2) is 48.5 Å². The lowest BCUT2D eigenvalue weighted by Crippen LogP contribution is -2.09. The van der Waals surface area contributed by atoms with E-state index in [9.17, 15) is 14.9 Å². The second-order valence-electron chi connectivity index (χ2n) is 4.40. The minimum Gasteiger partial charge on any atom is -0.454 e. The van der Waals surface area contributed by atoms with E-state index >= 15 is 0 Å². The second-order valence-corrected chi connectivity index (χ2v) is 4.84. The first-order valence-corrected chi connectivity index (χ1v) is 6.56. The molecular formula is C15H12ClNO4. The van der Waals surface area contributed by atoms with Crippen molar-refractivity contribution in [3.63, 3.8) is 0 Å². The van der Waals surface area contributed by atoms with E-state index in [0.717, 1.165) is 5.56 Å². The molecule has 0 radical (unpaired) electrons. The summed E-state index contributed by atoms with van der Waals surface area (Å²) >= 11 is 5.80. The molecule has 0 spiro atoms. The molecule has 0 unspecified atom stereocenters. The van der Waals surface area contributed by atoms with Crippen LogP contribution < -0.4 is 0 Å². The first kappa shape index (κ1) is 15.0. The molecule has 0 amide bonds. The van der Waals surface area contributed by atoms with Gasteiger partial charge in [0.25, 0.3) is 5.69 Å². The zero-order chi connectivity index (χ0) is 15.4. The third kappa shape index (κ3) is 3.79. The van der Waals surface area contributed by atoms with Crippen molar-refractivity contribution in [2.24, 2.45) is 0 Å². The van der Waals surface area contributed by atoms with Crippen LogP contribution in [0, 0.1) is 10.1 Å². The van der Waals surface area contributed by atoms with Crippen LogP contribution in [-0.4, -0.2) is 10.9 Å². The highest BCUT2D eigenvalue weighted by Crippen LogP contribution is 2.21. The first-order chi connectivity index (χ1) is 9.97. The highest BCUT2D eigenvalue weighted by molar-refractivity contribution is 6.30. The Labute approximate surface area is 126 Å². The maximum Gasteiger partial charge on any atom is 0.338 e. The topological polar surface area (TPSA) is 69.4 Å². The molecule has 0 N–H and O–H groups in total. The van der Waals surface area contributed by atoms with Gasteiger partial charge in [0.15, 0.2) is 0 Å². The number of nitrogens with zero attached hydrogens (tertiary/aromatic N) is 1. The maximum atomic E-state index is 12.0. The van der Waals surface area contributed by atoms with E-state index in [1.54, 1.807) is 31.2 Å². The van der Waals surface area contributed by atoms with Crippen molar-refractivity contribution in [1.29, 1.82) is 0 Å². The fourth-order valence-corrected chi connectivity index (χ4v) is 1.88. The molecule has 2 rings (SSSR count). The van der Waals surface area contributed by atoms with E-state index in [0.29, 0.717) is 5.02 Å². The summed E-state index contributed by atoms with van der Waals surface area (Å²) in [6, 6.07) is 12.3. The number of rotatable bonds is 4. The number of carbonyl (C=O) groups is 1. The SMILES string of the molecule is C[C@@H](OC(=O)c1ccc([N+](=O)[O-])cc1)c1ccc(Cl)cc1. The van der Waals surface area contributed by atoms with Crippen LogP contribution in [0.25, 0.3) is 0 Å². The Morgan fingerprint density at radius 3 is 2.24 bits per heavy atom. The Morgan fingerprint density at radius 1 is 1.14 bits per heavy atom. The number of hydrogen-bond acceptors (Lipinski definition) is 4. The lowest BCUT2D eigenvalue weighted by Gasteiger charge is -2.13. The van der Waals surface area contributed by atoms with Gasteiger partial charge in [0.1, 0.15) is 6.10 Å². The van der Waals surface area contributed by atoms with Gasteiger partial charge >= 0.3 is 5.97 Å². The van der Waals surface area contributed by atoms with Gasteiger partial charge in [-0.25, -0.2) is 4.79 Å². The van der Waals surface area contributed by atoms with Crippen LogP contribution in [0.2, 0.25) is 5.02 Å². The normalized spacial score (nSPS) is 11.7. The average Bonchev–Trinajstić information content (AvgIpc) is 2.47. The van der Waals surface area contributed by atoms with Crippen LogP contribution in [-0.2, 0) is 4.74 Å². The molecule has 0 bridgehead atoms. The Morgan fingerprint density at radius 2 is 1.71 bits per heavy atom. The van der Waals surface area contributed by atoms with Crippen molar-refractivity contribution in [2.75, 3.05) is 0 Å². The number of benzene rings is 2. The number of halogens is 1. The summed E-state index contributed by atoms with van der Waals surface area (Å²) in [5.41, 5.74) is 1.01. The third-order valence-electron chi connectivity index (χ3n) is 2.94. The number of carbonyl (C=O) groups excluding carboxylic acids is 1. The summed E-state index contributed by atoms with van der Waals surface area (Å²) in [5, 5.41) is 11.2. The van der Waals surface area contributed by atoms with E-state index in [1.165, 1.54) is 24.3 Å². The van der Waals surface area contributed by atoms with Crippen LogP contribution in [0.1, 0.15) is 28.9 Å². The van der Waals surface area contributed by atoms with Gasteiger partial charge in [-0.3, -0.25) is 10.1 Å². The van der Waals surface area contributed by atoms with Gasteiger partial charge in [-0.15, -0.1) is 0 Å². The highest BCUT2D eigenvalue weighted by Gasteiger charge is 2.15. The van der Waals surface area contributed by atoms with Crippen molar-refractivity contribution in [2.45, 2.75) is 13.0 Å². The molecule has 108 valence electrons. The van der Waals surface area contributed by atoms with E-state index in [1.807, 2.05) is 0 Å². The van der Waals surface area contributed by atoms with Crippen molar-refractivity contribution < 1.29 is 14.5 Å². The van der Waals surface area contributed by atoms with Crippen molar-refractivity contribution in [3.8, 4) is 0 Å². The number of ether oxygens (including phenoxy) is 1. The minimum atomic E-state index is -0.535. The monoisotopic (exact) mass is 305 g/mol. The van der Waals surface area contributed by atoms with Gasteiger partial charge in [-0.05, 0) is 36.8 Å². The molecule has 0 aliphatic carbocycles. The van der Waals surface area contributed by atoms with Gasteiger partial charge in [-0.1, -0.05) is 23.7 Å². The number of nitro groups is 1. The molecular weight excluding hydrogens is 294 g/mol. The van der Waals surface area contributed by atoms with Gasteiger partial charge < -0.3 is 4.74 Å². The first-order valence-electron chi connectivity index (χ1n) is 6.18. The number of non-ortho nitro benzene ring substituents is 1. The van der Waals surface area contributed by atoms with Gasteiger partial charge in [0, 0.05) is 17.2 Å². The molecule has 0 aliphatic rings. The summed E-state index contributed by atoms with van der Waals surface area (Å²) in [5.74, 6) is -0.535. The Bertz CT molecular complexity index is 652. The summed E-state index contributed by atoms with van der Waals surface area (Å²) in [7, 11) is 0. The largest absolute Gasteiger partial charge is 0.454 e. The summed E-state index contributed by atoms with van der Waals surface area (Å²) in [4.78, 5) is 22.0. The molecule has 1 atom stereocenters. The molecule has 0 saturated heterocycles. The molecule has 2 aromatic rings. The van der Waals surface area contributed by atoms with Crippen molar-refractivity contribution >= 4 is 23.3 Å². The molecule has 21 heavy (non-hydrogen) atoms. The molecule has 0 fully saturated rings. The summed E-state index contributed by atoms with van der Waals surface area (Å²) in [6.07, 6.45) is -0.440. The van der Waals surface area contributed by atoms with Crippen LogP contribution in [0.5, 0.6) is 0 Å². The van der Waals surface area contributed by atoms with Crippen LogP contribution in [0.4, 0.5) is 5.69 Å². The van der Waals surface area contributed by atoms with Gasteiger partial charge in [-0.2, -0.15) is 0 Å². The predicted molar refractivity (Wildman–Crippen MR) is 78.4 cm³/mol. The smallest absolute Gasteiger partial charge is 0.338 e. The number of nitro benzene ring substituents is 1. The minimum absolute atomic E-state index is 0.0719. The zero-order valence-corrected chi connectivity index (χ0v) is 11.9. The number of hydrogen-bond donors (Lipinski definition) is 0. The maximum absolute atomic E-state index is 12.0. The molecule has 0 aromatic heterocycles. The molecule has 0 heterocycles. The number of esters is 1. The van der Waals surface area contributed by atoms with E-state index in [4.69, 9.17) is 16.3 Å². The third-order valence-corrected chi connectivity index (χ3v) is 3.19. The Kier molecular flexibility index (Phi) is 4.55. The van der Waals surface area contributed by atoms with Gasteiger partial charge in [0.05, 0.1) is 10.5 Å². The Balaban J connectivity index is 2.06. The van der Waals surface area contributed by atoms with Crippen molar-refractivity contribution in [3.05, 3.63) is 74.8 Å². The summed E-state index contributed by atoms with van der Waals surface area (Å²) < 4.78 is 5.31. The lowest BCUT2D eigenvalue weighted by molar-refractivity contribution is -0.384. The molecule has 0 aliphatic heterocycles. The van der Waals surface area contributed by atoms with E-state index < -0.39 is 17.0 Å². The summed E-state index contributed by atoms with van der Waals surface area (Å²) in [6.45, 7) is 1.74. The van der Waals surface area contributed by atoms with Crippen LogP contribution >= 0.6 is 11.6 Å². The molecule has 5 nitrogen and oxygen atoms in total. The van der Waals surface area contributed by atoms with Crippen LogP contribution in [0.3, 0.4) is 0 Å². The predicted octanol–water partition coefficient (Wildman–Crippen LogP) is 4.17. The highest BCUT2D eigenvalue weighted by atomic mass is 35.5. The fraction of sp³-hybridized carbons (Fsp3) is 0.133. The molecule has 2 aromatic carbocycles. The quantitative estimate of drug-likeness (QED) is 0.483. The Hall–Kier alpha value is -2.40. The van der Waals surface area contributed by atoms with E-state index in [-0.39, 0.29) is 11.3 Å².